The molecule has 0 spiro atoms. The summed E-state index contributed by atoms with van der Waals surface area (Å²) < 4.78 is 13.5. The van der Waals surface area contributed by atoms with Crippen LogP contribution in [0.15, 0.2) is 42.6 Å². The van der Waals surface area contributed by atoms with Gasteiger partial charge in [0.05, 0.1) is 17.7 Å². The minimum Gasteiger partial charge on any atom is -0.390 e. The Labute approximate surface area is 115 Å². The number of amides is 1. The summed E-state index contributed by atoms with van der Waals surface area (Å²) in [6.07, 6.45) is 1.07. The molecule has 1 heterocycles. The molecule has 102 valence electrons. The number of carbonyl (C=O) groups excluding carboxylic acids is 1. The third kappa shape index (κ3) is 2.16. The van der Waals surface area contributed by atoms with Gasteiger partial charge in [0.15, 0.2) is 0 Å². The van der Waals surface area contributed by atoms with Gasteiger partial charge < -0.3 is 10.4 Å². The molecule has 1 aromatic heterocycles. The van der Waals surface area contributed by atoms with Crippen LogP contribution in [0.1, 0.15) is 27.5 Å². The summed E-state index contributed by atoms with van der Waals surface area (Å²) in [5.74, 6) is -1.39. The molecule has 0 radical (unpaired) electrons. The van der Waals surface area contributed by atoms with Gasteiger partial charge >= 0.3 is 0 Å². The first-order valence-electron chi connectivity index (χ1n) is 6.34. The molecule has 0 bridgehead atoms. The highest BCUT2D eigenvalue weighted by atomic mass is 19.1. The molecule has 2 atom stereocenters. The number of nitrogens with zero attached hydrogens (tertiary/aromatic N) is 1. The topological polar surface area (TPSA) is 62.2 Å². The number of aliphatic hydroxyl groups is 1. The van der Waals surface area contributed by atoms with Crippen LogP contribution in [0.5, 0.6) is 0 Å². The van der Waals surface area contributed by atoms with Crippen LogP contribution in [-0.4, -0.2) is 22.1 Å². The number of carbonyl (C=O) groups is 1. The molecule has 0 saturated carbocycles. The van der Waals surface area contributed by atoms with Crippen LogP contribution < -0.4 is 5.32 Å². The Kier molecular flexibility index (Phi) is 3.20. The summed E-state index contributed by atoms with van der Waals surface area (Å²) in [6.45, 7) is 0. The average molecular weight is 272 g/mol. The lowest BCUT2D eigenvalue weighted by molar-refractivity contribution is 0.0853. The first-order valence-corrected chi connectivity index (χ1v) is 6.34. The summed E-state index contributed by atoms with van der Waals surface area (Å²) >= 11 is 0. The van der Waals surface area contributed by atoms with E-state index in [1.54, 1.807) is 0 Å². The minimum atomic E-state index is -0.814. The van der Waals surface area contributed by atoms with Crippen LogP contribution in [0.3, 0.4) is 0 Å². The van der Waals surface area contributed by atoms with Crippen LogP contribution >= 0.6 is 0 Å². The largest absolute Gasteiger partial charge is 0.390 e. The molecule has 1 aliphatic carbocycles. The second-order valence-corrected chi connectivity index (χ2v) is 4.76. The zero-order chi connectivity index (χ0) is 14.1. The molecule has 1 aromatic carbocycles. The highest BCUT2D eigenvalue weighted by molar-refractivity contribution is 5.94. The van der Waals surface area contributed by atoms with Gasteiger partial charge in [0.2, 0.25) is 5.95 Å². The van der Waals surface area contributed by atoms with Crippen molar-refractivity contribution in [2.24, 2.45) is 0 Å². The third-order valence-electron chi connectivity index (χ3n) is 3.49. The molecule has 0 aliphatic heterocycles. The van der Waals surface area contributed by atoms with Crippen molar-refractivity contribution in [2.45, 2.75) is 18.6 Å². The van der Waals surface area contributed by atoms with E-state index in [9.17, 15) is 14.3 Å². The van der Waals surface area contributed by atoms with Crippen molar-refractivity contribution in [1.82, 2.24) is 10.3 Å². The van der Waals surface area contributed by atoms with Gasteiger partial charge in [-0.25, -0.2) is 4.98 Å². The second kappa shape index (κ2) is 5.02. The lowest BCUT2D eigenvalue weighted by Crippen LogP contribution is -2.34. The molecule has 5 heteroatoms. The van der Waals surface area contributed by atoms with E-state index in [1.165, 1.54) is 18.3 Å². The van der Waals surface area contributed by atoms with Crippen LogP contribution in [-0.2, 0) is 6.42 Å². The highest BCUT2D eigenvalue weighted by Gasteiger charge is 2.32. The number of aromatic nitrogens is 1. The first-order chi connectivity index (χ1) is 9.66. The van der Waals surface area contributed by atoms with Crippen molar-refractivity contribution in [2.75, 3.05) is 0 Å². The Morgan fingerprint density at radius 1 is 1.30 bits per heavy atom. The van der Waals surface area contributed by atoms with Gasteiger partial charge in [-0.15, -0.1) is 0 Å². The van der Waals surface area contributed by atoms with Crippen molar-refractivity contribution in [3.8, 4) is 0 Å². The van der Waals surface area contributed by atoms with Crippen LogP contribution in [0.2, 0.25) is 0 Å². The molecule has 2 N–H and O–H groups in total. The van der Waals surface area contributed by atoms with E-state index >= 15 is 0 Å². The van der Waals surface area contributed by atoms with E-state index in [-0.39, 0.29) is 5.56 Å². The molecular formula is C15H13FN2O2. The number of aliphatic hydroxyl groups excluding tert-OH is 1. The standard InChI is InChI=1S/C15H13FN2O2/c16-14-11(6-3-7-17-14)15(20)18-13-10-5-2-1-4-9(10)8-12(13)19/h1-7,12-13,19H,8H2,(H,18,20)/t12-,13+/m0/s1. The highest BCUT2D eigenvalue weighted by Crippen LogP contribution is 2.31. The summed E-state index contributed by atoms with van der Waals surface area (Å²) in [5, 5.41) is 12.7. The van der Waals surface area contributed by atoms with Gasteiger partial charge in [-0.3, -0.25) is 4.79 Å². The predicted molar refractivity (Wildman–Crippen MR) is 70.6 cm³/mol. The summed E-state index contributed by atoms with van der Waals surface area (Å²) in [4.78, 5) is 15.5. The fourth-order valence-corrected chi connectivity index (χ4v) is 2.52. The van der Waals surface area contributed by atoms with E-state index in [4.69, 9.17) is 0 Å². The Bertz CT molecular complexity index is 660. The van der Waals surface area contributed by atoms with E-state index < -0.39 is 24.0 Å². The molecule has 3 rings (SSSR count). The summed E-state index contributed by atoms with van der Waals surface area (Å²) in [7, 11) is 0. The van der Waals surface area contributed by atoms with E-state index in [0.717, 1.165) is 11.1 Å². The molecule has 1 amide bonds. The van der Waals surface area contributed by atoms with Crippen molar-refractivity contribution in [3.63, 3.8) is 0 Å². The summed E-state index contributed by atoms with van der Waals surface area (Å²) in [6, 6.07) is 9.85. The number of hydrogen-bond acceptors (Lipinski definition) is 3. The van der Waals surface area contributed by atoms with Gasteiger partial charge in [-0.2, -0.15) is 4.39 Å². The molecule has 20 heavy (non-hydrogen) atoms. The van der Waals surface area contributed by atoms with Crippen molar-refractivity contribution in [1.29, 1.82) is 0 Å². The van der Waals surface area contributed by atoms with Gasteiger partial charge in [0.1, 0.15) is 0 Å². The molecule has 4 nitrogen and oxygen atoms in total. The number of rotatable bonds is 2. The fraction of sp³-hybridized carbons (Fsp3) is 0.200. The maximum absolute atomic E-state index is 13.5. The number of hydrogen-bond donors (Lipinski definition) is 2. The number of benzene rings is 1. The fourth-order valence-electron chi connectivity index (χ4n) is 2.52. The van der Waals surface area contributed by atoms with Crippen molar-refractivity contribution in [3.05, 3.63) is 65.2 Å². The van der Waals surface area contributed by atoms with E-state index in [2.05, 4.69) is 10.3 Å². The summed E-state index contributed by atoms with van der Waals surface area (Å²) in [5.41, 5.74) is 1.75. The maximum atomic E-state index is 13.5. The maximum Gasteiger partial charge on any atom is 0.256 e. The minimum absolute atomic E-state index is 0.121. The zero-order valence-corrected chi connectivity index (χ0v) is 10.6. The molecular weight excluding hydrogens is 259 g/mol. The van der Waals surface area contributed by atoms with Crippen LogP contribution in [0, 0.1) is 5.95 Å². The van der Waals surface area contributed by atoms with Crippen molar-refractivity contribution < 1.29 is 14.3 Å². The molecule has 0 fully saturated rings. The first kappa shape index (κ1) is 12.7. The lowest BCUT2D eigenvalue weighted by Gasteiger charge is -2.18. The number of fused-ring (bicyclic) bond motifs is 1. The van der Waals surface area contributed by atoms with Gasteiger partial charge in [-0.05, 0) is 23.3 Å². The second-order valence-electron chi connectivity index (χ2n) is 4.76. The molecule has 1 aliphatic rings. The van der Waals surface area contributed by atoms with E-state index in [0.29, 0.717) is 6.42 Å². The van der Waals surface area contributed by atoms with E-state index in [1.807, 2.05) is 24.3 Å². The SMILES string of the molecule is O=C(N[C@@H]1c2ccccc2C[C@@H]1O)c1cccnc1F. The van der Waals surface area contributed by atoms with Crippen LogP contribution in [0.4, 0.5) is 4.39 Å². The molecule has 2 aromatic rings. The number of halogens is 1. The normalized spacial score (nSPS) is 20.5. The van der Waals surface area contributed by atoms with Crippen molar-refractivity contribution >= 4 is 5.91 Å². The van der Waals surface area contributed by atoms with Gasteiger partial charge in [0.25, 0.3) is 5.91 Å². The number of nitrogens with one attached hydrogen (secondary N) is 1. The molecule has 0 saturated heterocycles. The molecule has 0 unspecified atom stereocenters. The van der Waals surface area contributed by atoms with Gasteiger partial charge in [-0.1, -0.05) is 24.3 Å². The lowest BCUT2D eigenvalue weighted by atomic mass is 10.1. The third-order valence-corrected chi connectivity index (χ3v) is 3.49. The Hall–Kier alpha value is -2.27. The monoisotopic (exact) mass is 272 g/mol. The Morgan fingerprint density at radius 3 is 2.90 bits per heavy atom. The van der Waals surface area contributed by atoms with Crippen LogP contribution in [0.25, 0.3) is 0 Å². The Balaban J connectivity index is 1.85. The zero-order valence-electron chi connectivity index (χ0n) is 10.6. The predicted octanol–water partition coefficient (Wildman–Crippen LogP) is 1.61. The Morgan fingerprint density at radius 2 is 2.10 bits per heavy atom. The quantitative estimate of drug-likeness (QED) is 0.816. The smallest absolute Gasteiger partial charge is 0.256 e. The number of pyridine rings is 1. The van der Waals surface area contributed by atoms with Gasteiger partial charge in [0, 0.05) is 12.6 Å². The average Bonchev–Trinajstić information content (AvgIpc) is 2.76.